The Balaban J connectivity index is 2.44. The predicted octanol–water partition coefficient (Wildman–Crippen LogP) is 3.38. The van der Waals surface area contributed by atoms with E-state index in [1.165, 1.54) is 12.3 Å². The summed E-state index contributed by atoms with van der Waals surface area (Å²) in [5, 5.41) is 22.8. The van der Waals surface area contributed by atoms with Gasteiger partial charge < -0.3 is 5.11 Å². The van der Waals surface area contributed by atoms with Gasteiger partial charge in [-0.25, -0.2) is 0 Å². The normalized spacial score (nSPS) is 10.9. The zero-order valence-corrected chi connectivity index (χ0v) is 11.3. The van der Waals surface area contributed by atoms with Crippen molar-refractivity contribution in [3.05, 3.63) is 62.7 Å². The van der Waals surface area contributed by atoms with Gasteiger partial charge in [0.1, 0.15) is 0 Å². The molecule has 102 valence electrons. The molecule has 0 N–H and O–H groups in total. The van der Waals surface area contributed by atoms with Gasteiger partial charge in [-0.2, -0.15) is 0 Å². The first-order chi connectivity index (χ1) is 9.49. The molecule has 0 saturated carbocycles. The number of nitrogens with zero attached hydrogens (tertiary/aromatic N) is 2. The van der Waals surface area contributed by atoms with E-state index in [-0.39, 0.29) is 10.6 Å². The molecule has 2 aromatic rings. The van der Waals surface area contributed by atoms with E-state index < -0.39 is 16.4 Å². The number of nitro groups is 1. The molecule has 6 heteroatoms. The highest BCUT2D eigenvalue weighted by Crippen LogP contribution is 2.30. The van der Waals surface area contributed by atoms with Gasteiger partial charge in [-0.05, 0) is 35.9 Å². The summed E-state index contributed by atoms with van der Waals surface area (Å²) in [6, 6.07) is 9.75. The van der Waals surface area contributed by atoms with Crippen molar-refractivity contribution in [1.29, 1.82) is 0 Å². The van der Waals surface area contributed by atoms with Crippen LogP contribution in [0.1, 0.15) is 11.1 Å². The number of para-hydroxylation sites is 1. The highest BCUT2D eigenvalue weighted by Gasteiger charge is 2.11. The minimum atomic E-state index is -0.751. The van der Waals surface area contributed by atoms with Crippen LogP contribution in [0.5, 0.6) is 5.75 Å². The Morgan fingerprint density at radius 3 is 2.65 bits per heavy atom. The number of hydrogen-bond acceptors (Lipinski definition) is 4. The molecule has 0 atom stereocenters. The zero-order chi connectivity index (χ0) is 14.7. The fraction of sp³-hybridized carbons (Fsp3) is 0.0714. The maximum Gasteiger partial charge on any atom is 0.263 e. The number of rotatable bonds is 3. The molecular formula is C14H10ClN2O3-. The molecule has 0 aliphatic heterocycles. The van der Waals surface area contributed by atoms with E-state index in [0.717, 1.165) is 11.6 Å². The van der Waals surface area contributed by atoms with Crippen molar-refractivity contribution in [3.63, 3.8) is 0 Å². The minimum absolute atomic E-state index is 0.0902. The standard InChI is InChI=1S/C14H11ClN2O3/c1-9-4-2-3-5-12(9)16-8-10-6-11(15)7-13(14(10)18)17(19)20/h2-8,18H,1H3/p-1. The van der Waals surface area contributed by atoms with Crippen LogP contribution >= 0.6 is 11.6 Å². The van der Waals surface area contributed by atoms with Crippen LogP contribution in [-0.4, -0.2) is 11.1 Å². The lowest BCUT2D eigenvalue weighted by Gasteiger charge is -2.10. The van der Waals surface area contributed by atoms with Gasteiger partial charge >= 0.3 is 0 Å². The lowest BCUT2D eigenvalue weighted by molar-refractivity contribution is -0.398. The molecule has 0 spiro atoms. The smallest absolute Gasteiger partial charge is 0.263 e. The number of nitro benzene ring substituents is 1. The van der Waals surface area contributed by atoms with Crippen LogP contribution in [0.15, 0.2) is 41.4 Å². The van der Waals surface area contributed by atoms with Gasteiger partial charge in [0.15, 0.2) is 0 Å². The highest BCUT2D eigenvalue weighted by atomic mass is 35.5. The molecular weight excluding hydrogens is 280 g/mol. The summed E-state index contributed by atoms with van der Waals surface area (Å²) in [5.74, 6) is -0.697. The first-order valence-electron chi connectivity index (χ1n) is 5.73. The number of aliphatic imine (C=N–C) groups is 1. The number of halogens is 1. The Morgan fingerprint density at radius 2 is 2.00 bits per heavy atom. The number of benzene rings is 2. The predicted molar refractivity (Wildman–Crippen MR) is 76.0 cm³/mol. The summed E-state index contributed by atoms with van der Waals surface area (Å²) in [6.07, 6.45) is 1.30. The third kappa shape index (κ3) is 2.95. The van der Waals surface area contributed by atoms with E-state index in [0.29, 0.717) is 5.69 Å². The molecule has 0 aliphatic carbocycles. The van der Waals surface area contributed by atoms with Gasteiger partial charge in [0.25, 0.3) is 5.69 Å². The van der Waals surface area contributed by atoms with Gasteiger partial charge in [0, 0.05) is 17.3 Å². The summed E-state index contributed by atoms with van der Waals surface area (Å²) < 4.78 is 0. The zero-order valence-electron chi connectivity index (χ0n) is 10.5. The van der Waals surface area contributed by atoms with E-state index in [2.05, 4.69) is 4.99 Å². The van der Waals surface area contributed by atoms with Crippen LogP contribution in [0, 0.1) is 17.0 Å². The average molecular weight is 290 g/mol. The molecule has 0 heterocycles. The molecule has 0 saturated heterocycles. The molecule has 2 aromatic carbocycles. The van der Waals surface area contributed by atoms with Crippen molar-refractivity contribution in [2.24, 2.45) is 4.99 Å². The first kappa shape index (κ1) is 14.0. The Labute approximate surface area is 120 Å². The maximum atomic E-state index is 11.9. The Hall–Kier alpha value is -2.40. The molecule has 0 fully saturated rings. The molecule has 0 radical (unpaired) electrons. The third-order valence-corrected chi connectivity index (χ3v) is 2.94. The number of hydrogen-bond donors (Lipinski definition) is 0. The lowest BCUT2D eigenvalue weighted by Crippen LogP contribution is -2.02. The third-order valence-electron chi connectivity index (χ3n) is 2.72. The molecule has 5 nitrogen and oxygen atoms in total. The average Bonchev–Trinajstić information content (AvgIpc) is 2.40. The number of aryl methyl sites for hydroxylation is 1. The fourth-order valence-electron chi connectivity index (χ4n) is 1.68. The molecule has 2 rings (SSSR count). The van der Waals surface area contributed by atoms with E-state index >= 15 is 0 Å². The van der Waals surface area contributed by atoms with Crippen molar-refractivity contribution in [1.82, 2.24) is 0 Å². The molecule has 20 heavy (non-hydrogen) atoms. The molecule has 0 amide bonds. The fourth-order valence-corrected chi connectivity index (χ4v) is 1.90. The van der Waals surface area contributed by atoms with Crippen molar-refractivity contribution in [2.75, 3.05) is 0 Å². The van der Waals surface area contributed by atoms with Crippen molar-refractivity contribution < 1.29 is 10.0 Å². The van der Waals surface area contributed by atoms with Gasteiger partial charge in [-0.1, -0.05) is 29.8 Å². The molecule has 0 unspecified atom stereocenters. The van der Waals surface area contributed by atoms with Crippen molar-refractivity contribution in [3.8, 4) is 5.75 Å². The molecule has 0 aliphatic rings. The summed E-state index contributed by atoms with van der Waals surface area (Å²) in [4.78, 5) is 14.2. The topological polar surface area (TPSA) is 78.6 Å². The molecule has 0 aromatic heterocycles. The van der Waals surface area contributed by atoms with Crippen LogP contribution in [0.3, 0.4) is 0 Å². The van der Waals surface area contributed by atoms with Crippen molar-refractivity contribution >= 4 is 29.2 Å². The van der Waals surface area contributed by atoms with Crippen LogP contribution in [-0.2, 0) is 0 Å². The Kier molecular flexibility index (Phi) is 4.00. The summed E-state index contributed by atoms with van der Waals surface area (Å²) in [5.41, 5.74) is 1.17. The minimum Gasteiger partial charge on any atom is -0.867 e. The Bertz CT molecular complexity index is 699. The van der Waals surface area contributed by atoms with Gasteiger partial charge in [0.05, 0.1) is 10.6 Å². The quantitative estimate of drug-likeness (QED) is 0.493. The second-order valence-corrected chi connectivity index (χ2v) is 4.58. The first-order valence-corrected chi connectivity index (χ1v) is 6.11. The van der Waals surface area contributed by atoms with Gasteiger partial charge in [-0.3, -0.25) is 15.1 Å². The van der Waals surface area contributed by atoms with Crippen LogP contribution < -0.4 is 5.11 Å². The summed E-state index contributed by atoms with van der Waals surface area (Å²) in [7, 11) is 0. The second-order valence-electron chi connectivity index (χ2n) is 4.15. The lowest BCUT2D eigenvalue weighted by atomic mass is 10.1. The van der Waals surface area contributed by atoms with Crippen LogP contribution in [0.4, 0.5) is 11.4 Å². The van der Waals surface area contributed by atoms with Gasteiger partial charge in [-0.15, -0.1) is 0 Å². The van der Waals surface area contributed by atoms with Crippen molar-refractivity contribution in [2.45, 2.75) is 6.92 Å². The second kappa shape index (κ2) is 5.71. The summed E-state index contributed by atoms with van der Waals surface area (Å²) >= 11 is 5.77. The van der Waals surface area contributed by atoms with Crippen LogP contribution in [0.25, 0.3) is 0 Å². The van der Waals surface area contributed by atoms with Gasteiger partial charge in [0.2, 0.25) is 0 Å². The van der Waals surface area contributed by atoms with Crippen LogP contribution in [0.2, 0.25) is 5.02 Å². The maximum absolute atomic E-state index is 11.9. The SMILES string of the molecule is Cc1ccccc1N=Cc1cc(Cl)cc([N+](=O)[O-])c1[O-]. The van der Waals surface area contributed by atoms with E-state index in [9.17, 15) is 15.2 Å². The monoisotopic (exact) mass is 289 g/mol. The van der Waals surface area contributed by atoms with E-state index in [1.54, 1.807) is 6.07 Å². The summed E-state index contributed by atoms with van der Waals surface area (Å²) in [6.45, 7) is 1.88. The largest absolute Gasteiger partial charge is 0.867 e. The Morgan fingerprint density at radius 1 is 1.30 bits per heavy atom. The highest BCUT2D eigenvalue weighted by molar-refractivity contribution is 6.31. The van der Waals surface area contributed by atoms with E-state index in [1.807, 2.05) is 25.1 Å². The molecule has 0 bridgehead atoms. The van der Waals surface area contributed by atoms with E-state index in [4.69, 9.17) is 11.6 Å².